The Balaban J connectivity index is 2.24. The van der Waals surface area contributed by atoms with Crippen molar-refractivity contribution in [3.05, 3.63) is 0 Å². The van der Waals surface area contributed by atoms with Crippen molar-refractivity contribution in [1.82, 2.24) is 10.2 Å². The summed E-state index contributed by atoms with van der Waals surface area (Å²) in [4.78, 5) is 13.4. The minimum absolute atomic E-state index is 0.114. The van der Waals surface area contributed by atoms with E-state index >= 15 is 0 Å². The van der Waals surface area contributed by atoms with E-state index in [0.29, 0.717) is 19.2 Å². The molecule has 1 atom stereocenters. The SMILES string of the molecule is CCOC(=O)CN(CC)CC1CCCN1. The Morgan fingerprint density at radius 3 is 2.87 bits per heavy atom. The smallest absolute Gasteiger partial charge is 0.320 e. The molecule has 1 aliphatic heterocycles. The largest absolute Gasteiger partial charge is 0.465 e. The molecule has 1 fully saturated rings. The van der Waals surface area contributed by atoms with Crippen LogP contribution in [0.3, 0.4) is 0 Å². The predicted molar refractivity (Wildman–Crippen MR) is 59.8 cm³/mol. The quantitative estimate of drug-likeness (QED) is 0.658. The highest BCUT2D eigenvalue weighted by Gasteiger charge is 2.18. The van der Waals surface area contributed by atoms with Gasteiger partial charge in [0.05, 0.1) is 13.2 Å². The molecule has 1 saturated heterocycles. The van der Waals surface area contributed by atoms with Gasteiger partial charge in [-0.2, -0.15) is 0 Å². The summed E-state index contributed by atoms with van der Waals surface area (Å²) >= 11 is 0. The molecule has 0 bridgehead atoms. The molecule has 0 aromatic heterocycles. The fourth-order valence-corrected chi connectivity index (χ4v) is 1.92. The van der Waals surface area contributed by atoms with E-state index in [0.717, 1.165) is 19.6 Å². The van der Waals surface area contributed by atoms with E-state index < -0.39 is 0 Å². The fourth-order valence-electron chi connectivity index (χ4n) is 1.92. The van der Waals surface area contributed by atoms with E-state index in [2.05, 4.69) is 17.1 Å². The zero-order chi connectivity index (χ0) is 11.1. The Hall–Kier alpha value is -0.610. The first-order valence-electron chi connectivity index (χ1n) is 5.87. The van der Waals surface area contributed by atoms with Crippen LogP contribution in [0.1, 0.15) is 26.7 Å². The molecular formula is C11H22N2O2. The van der Waals surface area contributed by atoms with Crippen molar-refractivity contribution in [2.24, 2.45) is 0 Å². The van der Waals surface area contributed by atoms with Gasteiger partial charge in [0.1, 0.15) is 0 Å². The second-order valence-corrected chi connectivity index (χ2v) is 3.93. The second kappa shape index (κ2) is 6.80. The third-order valence-electron chi connectivity index (χ3n) is 2.75. The highest BCUT2D eigenvalue weighted by Crippen LogP contribution is 2.06. The lowest BCUT2D eigenvalue weighted by atomic mass is 10.2. The molecule has 1 aliphatic rings. The first-order chi connectivity index (χ1) is 7.26. The maximum atomic E-state index is 11.3. The molecule has 0 spiro atoms. The van der Waals surface area contributed by atoms with Gasteiger partial charge in [0.25, 0.3) is 0 Å². The molecule has 0 radical (unpaired) electrons. The molecule has 1 rings (SSSR count). The van der Waals surface area contributed by atoms with Crippen LogP contribution in [-0.2, 0) is 9.53 Å². The van der Waals surface area contributed by atoms with Crippen LogP contribution in [0.25, 0.3) is 0 Å². The van der Waals surface area contributed by atoms with E-state index in [1.807, 2.05) is 6.92 Å². The van der Waals surface area contributed by atoms with Gasteiger partial charge in [-0.3, -0.25) is 9.69 Å². The normalized spacial score (nSPS) is 20.9. The van der Waals surface area contributed by atoms with Crippen LogP contribution in [0, 0.1) is 0 Å². The Labute approximate surface area is 92.0 Å². The van der Waals surface area contributed by atoms with Crippen molar-refractivity contribution in [3.63, 3.8) is 0 Å². The zero-order valence-corrected chi connectivity index (χ0v) is 9.79. The first kappa shape index (κ1) is 12.5. The summed E-state index contributed by atoms with van der Waals surface area (Å²) in [6.07, 6.45) is 2.47. The highest BCUT2D eigenvalue weighted by molar-refractivity contribution is 5.71. The molecule has 0 aromatic carbocycles. The van der Waals surface area contributed by atoms with Gasteiger partial charge in [-0.05, 0) is 32.9 Å². The second-order valence-electron chi connectivity index (χ2n) is 3.93. The molecule has 0 aromatic rings. The van der Waals surface area contributed by atoms with Crippen LogP contribution in [0.15, 0.2) is 0 Å². The van der Waals surface area contributed by atoms with Gasteiger partial charge < -0.3 is 10.1 Å². The van der Waals surface area contributed by atoms with Gasteiger partial charge in [0.15, 0.2) is 0 Å². The van der Waals surface area contributed by atoms with Crippen molar-refractivity contribution < 1.29 is 9.53 Å². The maximum absolute atomic E-state index is 11.3. The summed E-state index contributed by atoms with van der Waals surface area (Å²) in [6, 6.07) is 0.555. The Morgan fingerprint density at radius 1 is 1.53 bits per heavy atom. The van der Waals surface area contributed by atoms with Crippen molar-refractivity contribution in [1.29, 1.82) is 0 Å². The molecule has 1 heterocycles. The average molecular weight is 214 g/mol. The number of nitrogens with zero attached hydrogens (tertiary/aromatic N) is 1. The molecule has 0 amide bonds. The number of hydrogen-bond donors (Lipinski definition) is 1. The number of carbonyl (C=O) groups excluding carboxylic acids is 1. The van der Waals surface area contributed by atoms with E-state index in [1.165, 1.54) is 12.8 Å². The van der Waals surface area contributed by atoms with Crippen molar-refractivity contribution in [2.75, 3.05) is 32.8 Å². The number of ether oxygens (including phenoxy) is 1. The van der Waals surface area contributed by atoms with Gasteiger partial charge in [-0.15, -0.1) is 0 Å². The molecule has 15 heavy (non-hydrogen) atoms. The van der Waals surface area contributed by atoms with Crippen molar-refractivity contribution >= 4 is 5.97 Å². The summed E-state index contributed by atoms with van der Waals surface area (Å²) < 4.78 is 4.94. The molecule has 0 saturated carbocycles. The molecular weight excluding hydrogens is 192 g/mol. The fraction of sp³-hybridized carbons (Fsp3) is 0.909. The van der Waals surface area contributed by atoms with E-state index in [1.54, 1.807) is 0 Å². The predicted octanol–water partition coefficient (Wildman–Crippen LogP) is 0.623. The molecule has 88 valence electrons. The van der Waals surface area contributed by atoms with Gasteiger partial charge in [0.2, 0.25) is 0 Å². The number of esters is 1. The third-order valence-corrected chi connectivity index (χ3v) is 2.75. The topological polar surface area (TPSA) is 41.6 Å². The van der Waals surface area contributed by atoms with E-state index in [4.69, 9.17) is 4.74 Å². The molecule has 4 nitrogen and oxygen atoms in total. The van der Waals surface area contributed by atoms with E-state index in [-0.39, 0.29) is 5.97 Å². The highest BCUT2D eigenvalue weighted by atomic mass is 16.5. The van der Waals surface area contributed by atoms with Crippen LogP contribution in [0.5, 0.6) is 0 Å². The minimum Gasteiger partial charge on any atom is -0.465 e. The number of likely N-dealkylation sites (N-methyl/N-ethyl adjacent to an activating group) is 1. The summed E-state index contributed by atoms with van der Waals surface area (Å²) in [7, 11) is 0. The van der Waals surface area contributed by atoms with Crippen molar-refractivity contribution in [3.8, 4) is 0 Å². The lowest BCUT2D eigenvalue weighted by Gasteiger charge is -2.22. The third kappa shape index (κ3) is 4.62. The summed E-state index contributed by atoms with van der Waals surface area (Å²) in [5, 5.41) is 3.43. The standard InChI is InChI=1S/C11H22N2O2/c1-3-13(9-11(14)15-4-2)8-10-6-5-7-12-10/h10,12H,3-9H2,1-2H3. The Bertz CT molecular complexity index is 191. The number of carbonyl (C=O) groups is 1. The van der Waals surface area contributed by atoms with Crippen LogP contribution < -0.4 is 5.32 Å². The first-order valence-corrected chi connectivity index (χ1v) is 5.87. The average Bonchev–Trinajstić information content (AvgIpc) is 2.70. The van der Waals surface area contributed by atoms with E-state index in [9.17, 15) is 4.79 Å². The van der Waals surface area contributed by atoms with Gasteiger partial charge in [-0.1, -0.05) is 6.92 Å². The van der Waals surface area contributed by atoms with Crippen molar-refractivity contribution in [2.45, 2.75) is 32.7 Å². The minimum atomic E-state index is -0.114. The summed E-state index contributed by atoms with van der Waals surface area (Å²) in [5.41, 5.74) is 0. The molecule has 1 N–H and O–H groups in total. The van der Waals surface area contributed by atoms with Crippen LogP contribution in [0.4, 0.5) is 0 Å². The summed E-state index contributed by atoms with van der Waals surface area (Å²) in [6.45, 7) is 7.77. The van der Waals surface area contributed by atoms with Crippen LogP contribution >= 0.6 is 0 Å². The lowest BCUT2D eigenvalue weighted by molar-refractivity contribution is -0.144. The Kier molecular flexibility index (Phi) is 5.65. The van der Waals surface area contributed by atoms with Crippen LogP contribution in [-0.4, -0.2) is 49.7 Å². The number of rotatable bonds is 6. The lowest BCUT2D eigenvalue weighted by Crippen LogP contribution is -2.40. The van der Waals surface area contributed by atoms with Gasteiger partial charge >= 0.3 is 5.97 Å². The number of nitrogens with one attached hydrogen (secondary N) is 1. The van der Waals surface area contributed by atoms with Gasteiger partial charge in [-0.25, -0.2) is 0 Å². The Morgan fingerprint density at radius 2 is 2.33 bits per heavy atom. The summed E-state index contributed by atoms with van der Waals surface area (Å²) in [5.74, 6) is -0.114. The molecule has 0 aliphatic carbocycles. The zero-order valence-electron chi connectivity index (χ0n) is 9.79. The monoisotopic (exact) mass is 214 g/mol. The van der Waals surface area contributed by atoms with Crippen LogP contribution in [0.2, 0.25) is 0 Å². The molecule has 4 heteroatoms. The maximum Gasteiger partial charge on any atom is 0.320 e. The van der Waals surface area contributed by atoms with Gasteiger partial charge in [0, 0.05) is 12.6 Å². The number of hydrogen-bond acceptors (Lipinski definition) is 4. The molecule has 1 unspecified atom stereocenters.